The molecule has 1 aromatic carbocycles. The van der Waals surface area contributed by atoms with E-state index in [-0.39, 0.29) is 12.6 Å². The number of aliphatic hydroxyl groups excluding tert-OH is 1. The minimum Gasteiger partial charge on any atom is -0.390 e. The molecule has 0 saturated heterocycles. The first-order valence-corrected chi connectivity index (χ1v) is 8.76. The fraction of sp³-hybridized carbons (Fsp3) is 0.100. The molecule has 9 heteroatoms. The van der Waals surface area contributed by atoms with Crippen LogP contribution in [0.15, 0.2) is 54.7 Å². The SMILES string of the molecule is N#Cc1cccc(-c2cc(-c3cn(Cc4cccc(CO)n4)nn3)nc(N)n2)c1. The van der Waals surface area contributed by atoms with Gasteiger partial charge in [-0.15, -0.1) is 5.10 Å². The van der Waals surface area contributed by atoms with Gasteiger partial charge in [-0.05, 0) is 30.3 Å². The first kappa shape index (κ1) is 18.2. The molecule has 3 N–H and O–H groups in total. The first-order chi connectivity index (χ1) is 14.1. The van der Waals surface area contributed by atoms with Crippen molar-refractivity contribution in [2.45, 2.75) is 13.2 Å². The van der Waals surface area contributed by atoms with Gasteiger partial charge in [-0.1, -0.05) is 23.4 Å². The summed E-state index contributed by atoms with van der Waals surface area (Å²) in [5.41, 5.74) is 10.2. The Hall–Kier alpha value is -4.16. The summed E-state index contributed by atoms with van der Waals surface area (Å²) in [6.45, 7) is 0.283. The minimum atomic E-state index is -0.119. The van der Waals surface area contributed by atoms with Gasteiger partial charge in [0.1, 0.15) is 5.69 Å². The third-order valence-electron chi connectivity index (χ3n) is 4.18. The number of nitrogens with zero attached hydrogens (tertiary/aromatic N) is 7. The minimum absolute atomic E-state index is 0.103. The summed E-state index contributed by atoms with van der Waals surface area (Å²) in [5.74, 6) is 0.103. The summed E-state index contributed by atoms with van der Waals surface area (Å²) in [6.07, 6.45) is 1.74. The van der Waals surface area contributed by atoms with Gasteiger partial charge in [-0.2, -0.15) is 5.26 Å². The van der Waals surface area contributed by atoms with Crippen molar-refractivity contribution in [2.75, 3.05) is 5.73 Å². The van der Waals surface area contributed by atoms with E-state index in [4.69, 9.17) is 11.0 Å². The maximum absolute atomic E-state index is 9.22. The number of hydrogen-bond donors (Lipinski definition) is 2. The van der Waals surface area contributed by atoms with Crippen LogP contribution in [-0.2, 0) is 13.2 Å². The molecule has 0 radical (unpaired) electrons. The van der Waals surface area contributed by atoms with E-state index in [1.54, 1.807) is 41.2 Å². The number of rotatable bonds is 5. The Morgan fingerprint density at radius 2 is 1.76 bits per heavy atom. The fourth-order valence-electron chi connectivity index (χ4n) is 2.86. The third kappa shape index (κ3) is 4.07. The first-order valence-electron chi connectivity index (χ1n) is 8.76. The van der Waals surface area contributed by atoms with Crippen LogP contribution < -0.4 is 5.73 Å². The number of aromatic nitrogens is 6. The van der Waals surface area contributed by atoms with Crippen LogP contribution in [0.25, 0.3) is 22.6 Å². The molecule has 0 unspecified atom stereocenters. The fourth-order valence-corrected chi connectivity index (χ4v) is 2.86. The highest BCUT2D eigenvalue weighted by Gasteiger charge is 2.11. The molecule has 29 heavy (non-hydrogen) atoms. The Morgan fingerprint density at radius 1 is 0.966 bits per heavy atom. The van der Waals surface area contributed by atoms with Crippen LogP contribution in [0.2, 0.25) is 0 Å². The van der Waals surface area contributed by atoms with E-state index in [0.29, 0.717) is 34.9 Å². The normalized spacial score (nSPS) is 10.6. The molecule has 0 aliphatic rings. The van der Waals surface area contributed by atoms with E-state index in [9.17, 15) is 5.11 Å². The Morgan fingerprint density at radius 3 is 2.59 bits per heavy atom. The van der Waals surface area contributed by atoms with Gasteiger partial charge in [0.05, 0.1) is 53.8 Å². The van der Waals surface area contributed by atoms with Crippen molar-refractivity contribution in [1.82, 2.24) is 29.9 Å². The zero-order valence-electron chi connectivity index (χ0n) is 15.3. The Balaban J connectivity index is 1.64. The summed E-state index contributed by atoms with van der Waals surface area (Å²) in [4.78, 5) is 12.9. The number of hydrogen-bond acceptors (Lipinski definition) is 8. The summed E-state index contributed by atoms with van der Waals surface area (Å²) in [7, 11) is 0. The summed E-state index contributed by atoms with van der Waals surface area (Å²) in [6, 6.07) is 16.4. The molecule has 0 saturated carbocycles. The van der Waals surface area contributed by atoms with Crippen LogP contribution >= 0.6 is 0 Å². The van der Waals surface area contributed by atoms with Crippen molar-refractivity contribution < 1.29 is 5.11 Å². The van der Waals surface area contributed by atoms with E-state index in [1.807, 2.05) is 18.2 Å². The average Bonchev–Trinajstić information content (AvgIpc) is 3.22. The van der Waals surface area contributed by atoms with E-state index in [1.165, 1.54) is 0 Å². The van der Waals surface area contributed by atoms with Crippen molar-refractivity contribution in [3.8, 4) is 28.7 Å². The topological polar surface area (TPSA) is 139 Å². The van der Waals surface area contributed by atoms with Gasteiger partial charge >= 0.3 is 0 Å². The van der Waals surface area contributed by atoms with Gasteiger partial charge in [0.15, 0.2) is 0 Å². The third-order valence-corrected chi connectivity index (χ3v) is 4.18. The highest BCUT2D eigenvalue weighted by Crippen LogP contribution is 2.24. The molecule has 9 nitrogen and oxygen atoms in total. The standard InChI is InChI=1S/C20H16N8O/c21-9-13-3-1-4-14(7-13)17-8-18(25-20(22)24-17)19-11-28(27-26-19)10-15-5-2-6-16(12-29)23-15/h1-8,11,29H,10,12H2,(H2,22,24,25). The predicted octanol–water partition coefficient (Wildman–Crippen LogP) is 1.79. The number of aliphatic hydroxyl groups is 1. The highest BCUT2D eigenvalue weighted by atomic mass is 16.3. The van der Waals surface area contributed by atoms with Crippen LogP contribution in [0.4, 0.5) is 5.95 Å². The van der Waals surface area contributed by atoms with Gasteiger partial charge in [0, 0.05) is 5.56 Å². The van der Waals surface area contributed by atoms with E-state index < -0.39 is 0 Å². The summed E-state index contributed by atoms with van der Waals surface area (Å²) < 4.78 is 1.63. The van der Waals surface area contributed by atoms with Crippen molar-refractivity contribution in [1.29, 1.82) is 5.26 Å². The lowest BCUT2D eigenvalue weighted by molar-refractivity contribution is 0.276. The lowest BCUT2D eigenvalue weighted by atomic mass is 10.1. The molecule has 0 spiro atoms. The van der Waals surface area contributed by atoms with E-state index in [0.717, 1.165) is 11.3 Å². The zero-order chi connectivity index (χ0) is 20.2. The van der Waals surface area contributed by atoms with Crippen LogP contribution in [0.3, 0.4) is 0 Å². The van der Waals surface area contributed by atoms with Crippen molar-refractivity contribution in [3.05, 3.63) is 71.7 Å². The van der Waals surface area contributed by atoms with Gasteiger partial charge < -0.3 is 10.8 Å². The second-order valence-corrected chi connectivity index (χ2v) is 6.27. The monoisotopic (exact) mass is 384 g/mol. The molecule has 3 heterocycles. The number of nitrogen functional groups attached to an aromatic ring is 1. The van der Waals surface area contributed by atoms with Crippen molar-refractivity contribution in [2.24, 2.45) is 0 Å². The molecule has 4 aromatic rings. The second-order valence-electron chi connectivity index (χ2n) is 6.27. The second kappa shape index (κ2) is 7.84. The molecular weight excluding hydrogens is 368 g/mol. The predicted molar refractivity (Wildman–Crippen MR) is 105 cm³/mol. The lowest BCUT2D eigenvalue weighted by Gasteiger charge is -2.05. The lowest BCUT2D eigenvalue weighted by Crippen LogP contribution is -2.04. The summed E-state index contributed by atoms with van der Waals surface area (Å²) in [5, 5.41) is 26.6. The smallest absolute Gasteiger partial charge is 0.221 e. The summed E-state index contributed by atoms with van der Waals surface area (Å²) >= 11 is 0. The number of nitriles is 1. The van der Waals surface area contributed by atoms with E-state index >= 15 is 0 Å². The molecule has 142 valence electrons. The van der Waals surface area contributed by atoms with Gasteiger partial charge in [0.25, 0.3) is 0 Å². The maximum atomic E-state index is 9.22. The van der Waals surface area contributed by atoms with E-state index in [2.05, 4.69) is 31.3 Å². The van der Waals surface area contributed by atoms with Crippen LogP contribution in [0.1, 0.15) is 17.0 Å². The van der Waals surface area contributed by atoms with Crippen molar-refractivity contribution >= 4 is 5.95 Å². The largest absolute Gasteiger partial charge is 0.390 e. The van der Waals surface area contributed by atoms with Crippen LogP contribution in [-0.4, -0.2) is 35.1 Å². The molecule has 0 bridgehead atoms. The number of pyridine rings is 1. The Bertz CT molecular complexity index is 1210. The number of nitrogens with two attached hydrogens (primary N) is 1. The van der Waals surface area contributed by atoms with Crippen molar-refractivity contribution in [3.63, 3.8) is 0 Å². The Kier molecular flexibility index (Phi) is 4.92. The molecule has 0 aliphatic heterocycles. The van der Waals surface area contributed by atoms with Gasteiger partial charge in [0.2, 0.25) is 5.95 Å². The number of benzene rings is 1. The quantitative estimate of drug-likeness (QED) is 0.531. The molecular formula is C20H16N8O. The van der Waals surface area contributed by atoms with Crippen LogP contribution in [0, 0.1) is 11.3 Å². The Labute approximate surface area is 166 Å². The zero-order valence-corrected chi connectivity index (χ0v) is 15.3. The molecule has 0 fully saturated rings. The molecule has 0 aliphatic carbocycles. The maximum Gasteiger partial charge on any atom is 0.221 e. The highest BCUT2D eigenvalue weighted by molar-refractivity contribution is 5.68. The van der Waals surface area contributed by atoms with Gasteiger partial charge in [-0.25, -0.2) is 14.6 Å². The molecule has 4 rings (SSSR count). The molecule has 3 aromatic heterocycles. The van der Waals surface area contributed by atoms with Gasteiger partial charge in [-0.3, -0.25) is 4.98 Å². The molecule has 0 amide bonds. The van der Waals surface area contributed by atoms with Crippen LogP contribution in [0.5, 0.6) is 0 Å². The average molecular weight is 384 g/mol. The number of anilines is 1. The molecule has 0 atom stereocenters.